The third-order valence-corrected chi connectivity index (χ3v) is 4.95. The van der Waals surface area contributed by atoms with Gasteiger partial charge in [-0.2, -0.15) is 0 Å². The molecule has 1 heteroatoms. The van der Waals surface area contributed by atoms with Gasteiger partial charge in [0.25, 0.3) is 0 Å². The highest BCUT2D eigenvalue weighted by Gasteiger charge is 2.33. The Bertz CT molecular complexity index is 228. The highest BCUT2D eigenvalue weighted by atomic mass is 16.5. The minimum absolute atomic E-state index is 0.622. The van der Waals surface area contributed by atoms with Crippen molar-refractivity contribution in [1.29, 1.82) is 0 Å². The van der Waals surface area contributed by atoms with E-state index in [9.17, 15) is 0 Å². The van der Waals surface area contributed by atoms with E-state index in [0.29, 0.717) is 5.92 Å². The van der Waals surface area contributed by atoms with E-state index in [0.717, 1.165) is 31.0 Å². The maximum Gasteiger partial charge on any atom is 0.0531 e. The molecule has 0 amide bonds. The third-order valence-electron chi connectivity index (χ3n) is 4.95. The summed E-state index contributed by atoms with van der Waals surface area (Å²) in [4.78, 5) is 0. The third kappa shape index (κ3) is 3.34. The van der Waals surface area contributed by atoms with Gasteiger partial charge in [0.1, 0.15) is 0 Å². The van der Waals surface area contributed by atoms with Gasteiger partial charge in [0.05, 0.1) is 6.61 Å². The zero-order valence-electron chi connectivity index (χ0n) is 11.4. The van der Waals surface area contributed by atoms with Crippen LogP contribution in [0.2, 0.25) is 0 Å². The second-order valence-electron chi connectivity index (χ2n) is 6.00. The SMILES string of the molecule is C=CC1COCCC1C1CCC(CCC)CC1. The first kappa shape index (κ1) is 13.1. The van der Waals surface area contributed by atoms with Crippen molar-refractivity contribution < 1.29 is 4.74 Å². The lowest BCUT2D eigenvalue weighted by molar-refractivity contribution is 0.00380. The van der Waals surface area contributed by atoms with Crippen LogP contribution < -0.4 is 0 Å². The molecule has 1 nitrogen and oxygen atoms in total. The maximum atomic E-state index is 5.58. The molecule has 2 rings (SSSR count). The van der Waals surface area contributed by atoms with Gasteiger partial charge in [-0.1, -0.05) is 38.7 Å². The number of hydrogen-bond acceptors (Lipinski definition) is 1. The van der Waals surface area contributed by atoms with E-state index in [1.807, 2.05) is 0 Å². The van der Waals surface area contributed by atoms with Crippen molar-refractivity contribution in [3.8, 4) is 0 Å². The first-order chi connectivity index (χ1) is 8.35. The van der Waals surface area contributed by atoms with Crippen LogP contribution >= 0.6 is 0 Å². The quantitative estimate of drug-likeness (QED) is 0.656. The normalized spacial score (nSPS) is 38.9. The smallest absolute Gasteiger partial charge is 0.0531 e. The van der Waals surface area contributed by atoms with E-state index >= 15 is 0 Å². The molecular weight excluding hydrogens is 208 g/mol. The fourth-order valence-corrected chi connectivity index (χ4v) is 3.92. The summed E-state index contributed by atoms with van der Waals surface area (Å²) in [6.45, 7) is 8.21. The van der Waals surface area contributed by atoms with Crippen LogP contribution in [0.15, 0.2) is 12.7 Å². The molecule has 1 saturated heterocycles. The summed E-state index contributed by atoms with van der Waals surface area (Å²) in [5, 5.41) is 0. The molecule has 2 aliphatic rings. The average molecular weight is 236 g/mol. The summed E-state index contributed by atoms with van der Waals surface area (Å²) in [5.74, 6) is 3.47. The van der Waals surface area contributed by atoms with Crippen molar-refractivity contribution in [2.75, 3.05) is 13.2 Å². The molecule has 98 valence electrons. The van der Waals surface area contributed by atoms with E-state index < -0.39 is 0 Å². The topological polar surface area (TPSA) is 9.23 Å². The van der Waals surface area contributed by atoms with Crippen molar-refractivity contribution >= 4 is 0 Å². The molecule has 1 saturated carbocycles. The predicted molar refractivity (Wildman–Crippen MR) is 73.0 cm³/mol. The summed E-state index contributed by atoms with van der Waals surface area (Å²) >= 11 is 0. The molecule has 1 aliphatic carbocycles. The van der Waals surface area contributed by atoms with Gasteiger partial charge in [0, 0.05) is 12.5 Å². The van der Waals surface area contributed by atoms with Crippen LogP contribution in [0.5, 0.6) is 0 Å². The van der Waals surface area contributed by atoms with Crippen LogP contribution in [-0.2, 0) is 4.74 Å². The van der Waals surface area contributed by atoms with E-state index in [4.69, 9.17) is 4.74 Å². The Labute approximate surface area is 107 Å². The van der Waals surface area contributed by atoms with Gasteiger partial charge in [0.2, 0.25) is 0 Å². The number of ether oxygens (including phenoxy) is 1. The summed E-state index contributed by atoms with van der Waals surface area (Å²) < 4.78 is 5.58. The van der Waals surface area contributed by atoms with E-state index in [1.165, 1.54) is 44.9 Å². The molecule has 0 radical (unpaired) electrons. The molecular formula is C16H28O. The molecule has 0 bridgehead atoms. The van der Waals surface area contributed by atoms with Crippen LogP contribution in [0.3, 0.4) is 0 Å². The van der Waals surface area contributed by atoms with E-state index in [2.05, 4.69) is 19.6 Å². The van der Waals surface area contributed by atoms with Gasteiger partial charge in [-0.25, -0.2) is 0 Å². The summed E-state index contributed by atoms with van der Waals surface area (Å²) in [6.07, 6.45) is 12.1. The van der Waals surface area contributed by atoms with Crippen molar-refractivity contribution in [3.05, 3.63) is 12.7 Å². The highest BCUT2D eigenvalue weighted by Crippen LogP contribution is 2.41. The fourth-order valence-electron chi connectivity index (χ4n) is 3.92. The summed E-state index contributed by atoms with van der Waals surface area (Å²) in [7, 11) is 0. The van der Waals surface area contributed by atoms with Gasteiger partial charge in [-0.05, 0) is 37.0 Å². The Morgan fingerprint density at radius 1 is 1.18 bits per heavy atom. The zero-order chi connectivity index (χ0) is 12.1. The maximum absolute atomic E-state index is 5.58. The Kier molecular flexibility index (Phi) is 5.09. The van der Waals surface area contributed by atoms with Gasteiger partial charge in [0.15, 0.2) is 0 Å². The van der Waals surface area contributed by atoms with E-state index in [-0.39, 0.29) is 0 Å². The lowest BCUT2D eigenvalue weighted by Gasteiger charge is -2.39. The van der Waals surface area contributed by atoms with Crippen LogP contribution in [0.25, 0.3) is 0 Å². The van der Waals surface area contributed by atoms with Crippen LogP contribution in [0.1, 0.15) is 51.9 Å². The Morgan fingerprint density at radius 3 is 2.59 bits per heavy atom. The molecule has 2 atom stereocenters. The Morgan fingerprint density at radius 2 is 1.94 bits per heavy atom. The van der Waals surface area contributed by atoms with Gasteiger partial charge in [-0.15, -0.1) is 6.58 Å². The molecule has 1 aliphatic heterocycles. The standard InChI is InChI=1S/C16H28O/c1-3-5-13-6-8-15(9-7-13)16-10-11-17-12-14(16)4-2/h4,13-16H,2-3,5-12H2,1H3. The van der Waals surface area contributed by atoms with E-state index in [1.54, 1.807) is 0 Å². The second kappa shape index (κ2) is 6.58. The molecule has 0 aromatic heterocycles. The van der Waals surface area contributed by atoms with Crippen molar-refractivity contribution in [1.82, 2.24) is 0 Å². The predicted octanol–water partition coefficient (Wildman–Crippen LogP) is 4.43. The lowest BCUT2D eigenvalue weighted by Crippen LogP contribution is -2.33. The molecule has 0 aromatic rings. The zero-order valence-corrected chi connectivity index (χ0v) is 11.4. The molecule has 0 spiro atoms. The molecule has 17 heavy (non-hydrogen) atoms. The fraction of sp³-hybridized carbons (Fsp3) is 0.875. The average Bonchev–Trinajstić information content (AvgIpc) is 2.40. The number of rotatable bonds is 4. The van der Waals surface area contributed by atoms with Crippen molar-refractivity contribution in [3.63, 3.8) is 0 Å². The van der Waals surface area contributed by atoms with Crippen LogP contribution in [-0.4, -0.2) is 13.2 Å². The second-order valence-corrected chi connectivity index (χ2v) is 6.00. The van der Waals surface area contributed by atoms with Gasteiger partial charge >= 0.3 is 0 Å². The van der Waals surface area contributed by atoms with Crippen LogP contribution in [0, 0.1) is 23.7 Å². The highest BCUT2D eigenvalue weighted by molar-refractivity contribution is 4.91. The minimum atomic E-state index is 0.622. The van der Waals surface area contributed by atoms with Gasteiger partial charge < -0.3 is 4.74 Å². The monoisotopic (exact) mass is 236 g/mol. The molecule has 0 N–H and O–H groups in total. The Hall–Kier alpha value is -0.300. The van der Waals surface area contributed by atoms with Crippen molar-refractivity contribution in [2.45, 2.75) is 51.9 Å². The largest absolute Gasteiger partial charge is 0.381 e. The first-order valence-electron chi connectivity index (χ1n) is 7.55. The number of hydrogen-bond donors (Lipinski definition) is 0. The lowest BCUT2D eigenvalue weighted by atomic mass is 9.69. The summed E-state index contributed by atoms with van der Waals surface area (Å²) in [5.41, 5.74) is 0. The molecule has 2 unspecified atom stereocenters. The molecule has 0 aromatic carbocycles. The van der Waals surface area contributed by atoms with Crippen LogP contribution in [0.4, 0.5) is 0 Å². The van der Waals surface area contributed by atoms with Gasteiger partial charge in [-0.3, -0.25) is 0 Å². The first-order valence-corrected chi connectivity index (χ1v) is 7.55. The molecule has 1 heterocycles. The molecule has 2 fully saturated rings. The van der Waals surface area contributed by atoms with Crippen molar-refractivity contribution in [2.24, 2.45) is 23.7 Å². The Balaban J connectivity index is 1.84. The summed E-state index contributed by atoms with van der Waals surface area (Å²) in [6, 6.07) is 0. The minimum Gasteiger partial charge on any atom is -0.381 e.